The molecule has 1 atom stereocenters. The summed E-state index contributed by atoms with van der Waals surface area (Å²) in [5, 5.41) is 16.7. The van der Waals surface area contributed by atoms with Gasteiger partial charge in [-0.3, -0.25) is 5.10 Å². The summed E-state index contributed by atoms with van der Waals surface area (Å²) < 4.78 is 21.8. The Morgan fingerprint density at radius 3 is 2.81 bits per heavy atom. The van der Waals surface area contributed by atoms with E-state index in [4.69, 9.17) is 24.7 Å². The van der Waals surface area contributed by atoms with Crippen LogP contribution in [0, 0.1) is 11.3 Å². The van der Waals surface area contributed by atoms with Gasteiger partial charge in [-0.2, -0.15) is 5.26 Å². The number of rotatable bonds is 6. The Labute approximate surface area is 151 Å². The van der Waals surface area contributed by atoms with Crippen LogP contribution >= 0.6 is 0 Å². The number of hydrogen-bond donors (Lipinski definition) is 2. The molecule has 3 rings (SSSR count). The number of fused-ring (bicyclic) bond motifs is 1. The fourth-order valence-electron chi connectivity index (χ4n) is 3.04. The molecule has 136 valence electrons. The van der Waals surface area contributed by atoms with Gasteiger partial charge in [0.15, 0.2) is 11.5 Å². The van der Waals surface area contributed by atoms with Crippen LogP contribution in [0.3, 0.4) is 0 Å². The first kappa shape index (κ1) is 17.6. The van der Waals surface area contributed by atoms with Crippen LogP contribution in [0.15, 0.2) is 29.7 Å². The molecular formula is C18H20N4O4. The van der Waals surface area contributed by atoms with E-state index in [0.717, 1.165) is 16.8 Å². The summed E-state index contributed by atoms with van der Waals surface area (Å²) in [5.74, 6) is 1.13. The molecule has 0 radical (unpaired) electrons. The van der Waals surface area contributed by atoms with Gasteiger partial charge in [-0.15, -0.1) is 5.10 Å². The van der Waals surface area contributed by atoms with Crippen LogP contribution in [0.25, 0.3) is 0 Å². The van der Waals surface area contributed by atoms with Gasteiger partial charge >= 0.3 is 0 Å². The number of nitrogens with two attached hydrogens (primary N) is 1. The van der Waals surface area contributed by atoms with Gasteiger partial charge in [-0.25, -0.2) is 0 Å². The minimum absolute atomic E-state index is 0.0363. The van der Waals surface area contributed by atoms with Gasteiger partial charge in [0.1, 0.15) is 11.6 Å². The Morgan fingerprint density at radius 2 is 2.15 bits per heavy atom. The van der Waals surface area contributed by atoms with Gasteiger partial charge in [0.2, 0.25) is 11.8 Å². The van der Waals surface area contributed by atoms with E-state index in [1.54, 1.807) is 20.3 Å². The van der Waals surface area contributed by atoms with Crippen LogP contribution < -0.4 is 19.9 Å². The summed E-state index contributed by atoms with van der Waals surface area (Å²) >= 11 is 0. The van der Waals surface area contributed by atoms with Crippen molar-refractivity contribution in [1.29, 1.82) is 5.26 Å². The minimum Gasteiger partial charge on any atom is -0.493 e. The van der Waals surface area contributed by atoms with Crippen LogP contribution in [0.4, 0.5) is 0 Å². The number of methoxy groups -OCH3 is 2. The van der Waals surface area contributed by atoms with Crippen LogP contribution in [0.2, 0.25) is 0 Å². The second-order valence-electron chi connectivity index (χ2n) is 5.62. The number of nitrogens with zero attached hydrogens (tertiary/aromatic N) is 2. The SMILES string of the molecule is CCOc1cc([C@@H]2C(C#N)=C(N)Oc3n[nH]c(COC)c32)ccc1OC. The van der Waals surface area contributed by atoms with E-state index in [1.807, 2.05) is 19.1 Å². The lowest BCUT2D eigenvalue weighted by atomic mass is 9.84. The highest BCUT2D eigenvalue weighted by Crippen LogP contribution is 2.44. The van der Waals surface area contributed by atoms with E-state index in [9.17, 15) is 5.26 Å². The van der Waals surface area contributed by atoms with Crippen molar-refractivity contribution in [2.45, 2.75) is 19.4 Å². The molecule has 0 unspecified atom stereocenters. The molecule has 1 aliphatic rings. The molecule has 0 saturated carbocycles. The third-order valence-corrected chi connectivity index (χ3v) is 4.13. The summed E-state index contributed by atoms with van der Waals surface area (Å²) in [6.07, 6.45) is 0. The van der Waals surface area contributed by atoms with E-state index in [2.05, 4.69) is 16.3 Å². The van der Waals surface area contributed by atoms with Crippen molar-refractivity contribution in [3.05, 3.63) is 46.5 Å². The second-order valence-corrected chi connectivity index (χ2v) is 5.62. The number of allylic oxidation sites excluding steroid dienone is 1. The van der Waals surface area contributed by atoms with Crippen LogP contribution in [-0.2, 0) is 11.3 Å². The van der Waals surface area contributed by atoms with Crippen LogP contribution in [-0.4, -0.2) is 31.0 Å². The lowest BCUT2D eigenvalue weighted by Gasteiger charge is -2.24. The average Bonchev–Trinajstić information content (AvgIpc) is 3.03. The van der Waals surface area contributed by atoms with E-state index < -0.39 is 5.92 Å². The highest BCUT2D eigenvalue weighted by Gasteiger charge is 2.35. The molecule has 1 aromatic heterocycles. The molecule has 3 N–H and O–H groups in total. The number of aromatic nitrogens is 2. The predicted octanol–water partition coefficient (Wildman–Crippen LogP) is 2.18. The van der Waals surface area contributed by atoms with Crippen molar-refractivity contribution < 1.29 is 18.9 Å². The smallest absolute Gasteiger partial charge is 0.244 e. The number of aromatic amines is 1. The standard InChI is InChI=1S/C18H20N4O4/c1-4-25-14-7-10(5-6-13(14)24-3)15-11(8-19)17(20)26-18-16(15)12(9-23-2)21-22-18/h5-7,15H,4,9,20H2,1-3H3,(H,21,22)/t15-/m1/s1. The molecule has 0 fully saturated rings. The molecule has 2 heterocycles. The fraction of sp³-hybridized carbons (Fsp3) is 0.333. The van der Waals surface area contributed by atoms with Gasteiger partial charge in [0.05, 0.1) is 37.5 Å². The zero-order chi connectivity index (χ0) is 18.7. The maximum atomic E-state index is 9.66. The first-order valence-corrected chi connectivity index (χ1v) is 8.08. The number of ether oxygens (including phenoxy) is 4. The topological polar surface area (TPSA) is 115 Å². The molecule has 0 aliphatic carbocycles. The molecule has 8 nitrogen and oxygen atoms in total. The first-order valence-electron chi connectivity index (χ1n) is 8.08. The van der Waals surface area contributed by atoms with Crippen LogP contribution in [0.1, 0.15) is 29.7 Å². The average molecular weight is 356 g/mol. The third-order valence-electron chi connectivity index (χ3n) is 4.13. The van der Waals surface area contributed by atoms with E-state index in [-0.39, 0.29) is 5.88 Å². The lowest BCUT2D eigenvalue weighted by Crippen LogP contribution is -2.21. The van der Waals surface area contributed by atoms with Gasteiger partial charge in [-0.1, -0.05) is 6.07 Å². The molecule has 8 heteroatoms. The van der Waals surface area contributed by atoms with Gasteiger partial charge in [-0.05, 0) is 24.6 Å². The Balaban J connectivity index is 2.18. The van der Waals surface area contributed by atoms with Crippen LogP contribution in [0.5, 0.6) is 17.4 Å². The van der Waals surface area contributed by atoms with Gasteiger partial charge in [0, 0.05) is 7.11 Å². The fourth-order valence-corrected chi connectivity index (χ4v) is 3.04. The Bertz CT molecular complexity index is 882. The molecule has 0 bridgehead atoms. The molecule has 2 aromatic rings. The van der Waals surface area contributed by atoms with E-state index in [1.165, 1.54) is 0 Å². The minimum atomic E-state index is -0.447. The highest BCUT2D eigenvalue weighted by molar-refractivity contribution is 5.57. The normalized spacial score (nSPS) is 15.8. The highest BCUT2D eigenvalue weighted by atomic mass is 16.5. The zero-order valence-corrected chi connectivity index (χ0v) is 14.8. The molecule has 1 aliphatic heterocycles. The molecular weight excluding hydrogens is 336 g/mol. The third kappa shape index (κ3) is 2.93. The summed E-state index contributed by atoms with van der Waals surface area (Å²) in [4.78, 5) is 0. The van der Waals surface area contributed by atoms with Gasteiger partial charge in [0.25, 0.3) is 0 Å². The van der Waals surface area contributed by atoms with Crippen molar-refractivity contribution in [3.63, 3.8) is 0 Å². The molecule has 0 saturated heterocycles. The Morgan fingerprint density at radius 1 is 1.35 bits per heavy atom. The molecule has 26 heavy (non-hydrogen) atoms. The summed E-state index contributed by atoms with van der Waals surface area (Å²) in [7, 11) is 3.16. The molecule has 1 aromatic carbocycles. The Kier molecular flexibility index (Phi) is 5.00. The summed E-state index contributed by atoms with van der Waals surface area (Å²) in [6.45, 7) is 2.68. The largest absolute Gasteiger partial charge is 0.493 e. The van der Waals surface area contributed by atoms with Gasteiger partial charge < -0.3 is 24.7 Å². The first-order chi connectivity index (χ1) is 12.6. The van der Waals surface area contributed by atoms with E-state index >= 15 is 0 Å². The van der Waals surface area contributed by atoms with Crippen molar-refractivity contribution in [3.8, 4) is 23.4 Å². The zero-order valence-electron chi connectivity index (χ0n) is 14.8. The predicted molar refractivity (Wildman–Crippen MR) is 92.8 cm³/mol. The number of H-pyrrole nitrogens is 1. The number of nitrogens with one attached hydrogen (secondary N) is 1. The second kappa shape index (κ2) is 7.37. The lowest BCUT2D eigenvalue weighted by molar-refractivity contribution is 0.180. The maximum absolute atomic E-state index is 9.66. The monoisotopic (exact) mass is 356 g/mol. The quantitative estimate of drug-likeness (QED) is 0.815. The summed E-state index contributed by atoms with van der Waals surface area (Å²) in [6, 6.07) is 7.67. The van der Waals surface area contributed by atoms with Crippen molar-refractivity contribution in [1.82, 2.24) is 10.2 Å². The number of nitriles is 1. The number of benzene rings is 1. The molecule has 0 spiro atoms. The van der Waals surface area contributed by atoms with E-state index in [0.29, 0.717) is 36.2 Å². The van der Waals surface area contributed by atoms with Crippen molar-refractivity contribution in [2.75, 3.05) is 20.8 Å². The molecule has 0 amide bonds. The van der Waals surface area contributed by atoms with Crippen molar-refractivity contribution >= 4 is 0 Å². The maximum Gasteiger partial charge on any atom is 0.244 e. The summed E-state index contributed by atoms with van der Waals surface area (Å²) in [5.41, 5.74) is 8.54. The Hall–Kier alpha value is -3.18. The number of hydrogen-bond acceptors (Lipinski definition) is 7. The van der Waals surface area contributed by atoms with Crippen molar-refractivity contribution in [2.24, 2.45) is 5.73 Å².